The Bertz CT molecular complexity index is 1080. The third kappa shape index (κ3) is 6.42. The molecule has 1 aromatic carbocycles. The Morgan fingerprint density at radius 2 is 2.00 bits per heavy atom. The Balaban J connectivity index is 1.28. The average molecular weight is 495 g/mol. The minimum Gasteiger partial charge on any atom is -0.357 e. The van der Waals surface area contributed by atoms with Crippen LogP contribution in [0.1, 0.15) is 44.9 Å². The van der Waals surface area contributed by atoms with E-state index in [1.54, 1.807) is 12.1 Å². The molecule has 0 atom stereocenters. The van der Waals surface area contributed by atoms with Crippen LogP contribution < -0.4 is 15.4 Å². The molecule has 0 bridgehead atoms. The molecule has 1 amide bonds. The third-order valence-corrected chi connectivity index (χ3v) is 8.59. The Morgan fingerprint density at radius 3 is 2.78 bits per heavy atom. The Kier molecular flexibility index (Phi) is 7.63. The first-order chi connectivity index (χ1) is 15.5. The van der Waals surface area contributed by atoms with Crippen molar-refractivity contribution in [2.75, 3.05) is 22.9 Å². The smallest absolute Gasteiger partial charge is 0.262 e. The number of thioether (sulfide) groups is 1. The van der Waals surface area contributed by atoms with Crippen LogP contribution in [0, 0.1) is 0 Å². The molecule has 1 saturated carbocycles. The van der Waals surface area contributed by atoms with Crippen molar-refractivity contribution in [2.45, 2.75) is 60.2 Å². The first-order valence-electron chi connectivity index (χ1n) is 10.7. The number of sulfonamides is 1. The maximum atomic E-state index is 12.6. The molecule has 2 aromatic rings. The number of amides is 1. The number of carbonyl (C=O) groups is 1. The van der Waals surface area contributed by atoms with E-state index >= 15 is 0 Å². The molecule has 3 N–H and O–H groups in total. The van der Waals surface area contributed by atoms with Crippen LogP contribution in [0.4, 0.5) is 10.8 Å². The second kappa shape index (κ2) is 10.6. The summed E-state index contributed by atoms with van der Waals surface area (Å²) in [5, 5.41) is 15.3. The molecule has 0 spiro atoms. The fourth-order valence-electron chi connectivity index (χ4n) is 3.65. The van der Waals surface area contributed by atoms with E-state index in [9.17, 15) is 13.2 Å². The van der Waals surface area contributed by atoms with Gasteiger partial charge in [0.05, 0.1) is 10.6 Å². The second-order valence-corrected chi connectivity index (χ2v) is 11.6. The molecule has 0 saturated heterocycles. The first-order valence-corrected chi connectivity index (χ1v) is 14.0. The van der Waals surface area contributed by atoms with E-state index < -0.39 is 10.0 Å². The zero-order valence-corrected chi connectivity index (χ0v) is 20.0. The van der Waals surface area contributed by atoms with Crippen LogP contribution in [0.25, 0.3) is 0 Å². The van der Waals surface area contributed by atoms with E-state index in [0.717, 1.165) is 28.7 Å². The normalized spacial score (nSPS) is 17.1. The van der Waals surface area contributed by atoms with Gasteiger partial charge in [-0.15, -0.1) is 10.2 Å². The summed E-state index contributed by atoms with van der Waals surface area (Å²) in [6.45, 7) is 0.637. The van der Waals surface area contributed by atoms with Gasteiger partial charge in [-0.1, -0.05) is 48.4 Å². The highest BCUT2D eigenvalue weighted by molar-refractivity contribution is 8.01. The molecule has 1 fully saturated rings. The van der Waals surface area contributed by atoms with E-state index in [1.807, 2.05) is 0 Å². The largest absolute Gasteiger partial charge is 0.357 e. The summed E-state index contributed by atoms with van der Waals surface area (Å²) >= 11 is 2.75. The SMILES string of the molecule is O=C(CSc1nnc(NC2CCCCC2)s1)Nc1cccc(S(=O)(=O)NC2=NCCC2)c1. The number of aromatic nitrogens is 2. The molecular weight excluding hydrogens is 468 g/mol. The molecule has 2 heterocycles. The van der Waals surface area contributed by atoms with Gasteiger partial charge < -0.3 is 10.6 Å². The molecule has 1 aliphatic heterocycles. The Hall–Kier alpha value is -2.18. The molecule has 9 nitrogen and oxygen atoms in total. The number of carbonyl (C=O) groups excluding carboxylic acids is 1. The van der Waals surface area contributed by atoms with Gasteiger partial charge in [0.15, 0.2) is 4.34 Å². The van der Waals surface area contributed by atoms with E-state index in [0.29, 0.717) is 30.5 Å². The minimum absolute atomic E-state index is 0.0834. The van der Waals surface area contributed by atoms with Crippen LogP contribution in [-0.4, -0.2) is 48.7 Å². The van der Waals surface area contributed by atoms with Crippen molar-refractivity contribution in [2.24, 2.45) is 4.99 Å². The standard InChI is InChI=1S/C20H26N6O3S3/c27-18(13-30-20-25-24-19(31-20)23-14-6-2-1-3-7-14)22-15-8-4-9-16(12-15)32(28,29)26-17-10-5-11-21-17/h4,8-9,12,14H,1-3,5-7,10-11,13H2,(H,21,26)(H,22,27)(H,23,24). The van der Waals surface area contributed by atoms with Gasteiger partial charge in [-0.2, -0.15) is 0 Å². The van der Waals surface area contributed by atoms with Gasteiger partial charge in [-0.05, 0) is 37.5 Å². The van der Waals surface area contributed by atoms with Gasteiger partial charge in [0.2, 0.25) is 11.0 Å². The van der Waals surface area contributed by atoms with Crippen LogP contribution in [0.15, 0.2) is 38.5 Å². The fourth-order valence-corrected chi connectivity index (χ4v) is 6.41. The number of nitrogens with one attached hydrogen (secondary N) is 3. The van der Waals surface area contributed by atoms with Crippen molar-refractivity contribution >= 4 is 55.7 Å². The number of anilines is 2. The summed E-state index contributed by atoms with van der Waals surface area (Å²) in [5.41, 5.74) is 0.420. The lowest BCUT2D eigenvalue weighted by atomic mass is 9.96. The second-order valence-electron chi connectivity index (χ2n) is 7.75. The van der Waals surface area contributed by atoms with Gasteiger partial charge in [0.1, 0.15) is 5.84 Å². The highest BCUT2D eigenvalue weighted by Gasteiger charge is 2.19. The topological polar surface area (TPSA) is 125 Å². The molecule has 4 rings (SSSR count). The van der Waals surface area contributed by atoms with E-state index in [1.165, 1.54) is 54.5 Å². The molecule has 0 radical (unpaired) electrons. The van der Waals surface area contributed by atoms with Crippen LogP contribution in [0.5, 0.6) is 0 Å². The van der Waals surface area contributed by atoms with Crippen LogP contribution in [0.2, 0.25) is 0 Å². The quantitative estimate of drug-likeness (QED) is 0.480. The lowest BCUT2D eigenvalue weighted by Crippen LogP contribution is -2.29. The Labute approximate surface area is 195 Å². The number of hydrogen-bond acceptors (Lipinski definition) is 9. The number of hydrogen-bond donors (Lipinski definition) is 3. The number of aliphatic imine (C=N–C) groups is 1. The van der Waals surface area contributed by atoms with Crippen LogP contribution in [0.3, 0.4) is 0 Å². The molecule has 0 unspecified atom stereocenters. The van der Waals surface area contributed by atoms with Gasteiger partial charge >= 0.3 is 0 Å². The van der Waals surface area contributed by atoms with Crippen molar-refractivity contribution in [1.29, 1.82) is 0 Å². The van der Waals surface area contributed by atoms with Gasteiger partial charge in [-0.3, -0.25) is 14.5 Å². The van der Waals surface area contributed by atoms with Crippen LogP contribution >= 0.6 is 23.1 Å². The molecule has 1 aliphatic carbocycles. The van der Waals surface area contributed by atoms with Crippen molar-refractivity contribution in [3.63, 3.8) is 0 Å². The van der Waals surface area contributed by atoms with E-state index in [2.05, 4.69) is 30.5 Å². The molecular formula is C20H26N6O3S3. The average Bonchev–Trinajstić information content (AvgIpc) is 3.45. The molecule has 172 valence electrons. The van der Waals surface area contributed by atoms with Crippen molar-refractivity contribution in [1.82, 2.24) is 14.9 Å². The molecule has 2 aliphatic rings. The number of rotatable bonds is 8. The summed E-state index contributed by atoms with van der Waals surface area (Å²) in [6.07, 6.45) is 7.56. The van der Waals surface area contributed by atoms with Crippen molar-refractivity contribution < 1.29 is 13.2 Å². The number of nitrogens with zero attached hydrogens (tertiary/aromatic N) is 3. The lowest BCUT2D eigenvalue weighted by molar-refractivity contribution is -0.113. The maximum absolute atomic E-state index is 12.6. The van der Waals surface area contributed by atoms with Gasteiger partial charge in [0.25, 0.3) is 10.0 Å². The maximum Gasteiger partial charge on any atom is 0.262 e. The van der Waals surface area contributed by atoms with Gasteiger partial charge in [0, 0.05) is 24.7 Å². The summed E-state index contributed by atoms with van der Waals surface area (Å²) in [4.78, 5) is 16.6. The fraction of sp³-hybridized carbons (Fsp3) is 0.500. The highest BCUT2D eigenvalue weighted by atomic mass is 32.2. The minimum atomic E-state index is -3.73. The van der Waals surface area contributed by atoms with E-state index in [4.69, 9.17) is 0 Å². The highest BCUT2D eigenvalue weighted by Crippen LogP contribution is 2.28. The van der Waals surface area contributed by atoms with Crippen LogP contribution in [-0.2, 0) is 14.8 Å². The zero-order valence-electron chi connectivity index (χ0n) is 17.5. The lowest BCUT2D eigenvalue weighted by Gasteiger charge is -2.21. The third-order valence-electron chi connectivity index (χ3n) is 5.22. The van der Waals surface area contributed by atoms with E-state index in [-0.39, 0.29) is 16.6 Å². The number of benzene rings is 1. The molecule has 32 heavy (non-hydrogen) atoms. The summed E-state index contributed by atoms with van der Waals surface area (Å²) in [6, 6.07) is 6.65. The molecule has 1 aromatic heterocycles. The first kappa shape index (κ1) is 23.0. The van der Waals surface area contributed by atoms with Gasteiger partial charge in [-0.25, -0.2) is 8.42 Å². The molecule has 12 heteroatoms. The Morgan fingerprint density at radius 1 is 1.16 bits per heavy atom. The summed E-state index contributed by atoms with van der Waals surface area (Å²) in [5.74, 6) is 0.393. The predicted molar refractivity (Wildman–Crippen MR) is 128 cm³/mol. The summed E-state index contributed by atoms with van der Waals surface area (Å²) in [7, 11) is -3.73. The number of amidine groups is 1. The zero-order chi connectivity index (χ0) is 22.4. The van der Waals surface area contributed by atoms with Crippen molar-refractivity contribution in [3.05, 3.63) is 24.3 Å². The van der Waals surface area contributed by atoms with Crippen molar-refractivity contribution in [3.8, 4) is 0 Å². The predicted octanol–water partition coefficient (Wildman–Crippen LogP) is 3.48. The summed E-state index contributed by atoms with van der Waals surface area (Å²) < 4.78 is 28.3. The monoisotopic (exact) mass is 494 g/mol.